The zero-order chi connectivity index (χ0) is 13.1. The third kappa shape index (κ3) is 3.09. The third-order valence-corrected chi connectivity index (χ3v) is 3.91. The van der Waals surface area contributed by atoms with Gasteiger partial charge in [-0.15, -0.1) is 0 Å². The minimum atomic E-state index is 0.572. The molecular weight excluding hydrogens is 222 g/mol. The lowest BCUT2D eigenvalue weighted by molar-refractivity contribution is 0.309. The van der Waals surface area contributed by atoms with E-state index < -0.39 is 0 Å². The van der Waals surface area contributed by atoms with Crippen LogP contribution in [0.25, 0.3) is 0 Å². The Balaban J connectivity index is 2.13. The Bertz CT molecular complexity index is 414. The van der Waals surface area contributed by atoms with E-state index >= 15 is 0 Å². The van der Waals surface area contributed by atoms with E-state index in [1.165, 1.54) is 28.9 Å². The Morgan fingerprint density at radius 2 is 2.28 bits per heavy atom. The molecule has 1 aliphatic rings. The maximum Gasteiger partial charge on any atom is 0.0464 e. The lowest BCUT2D eigenvalue weighted by Gasteiger charge is -2.25. The summed E-state index contributed by atoms with van der Waals surface area (Å²) in [5, 5.41) is 3.55. The minimum Gasteiger partial charge on any atom is -0.310 e. The smallest absolute Gasteiger partial charge is 0.0464 e. The van der Waals surface area contributed by atoms with Crippen molar-refractivity contribution in [2.24, 2.45) is 0 Å². The molecule has 100 valence electrons. The van der Waals surface area contributed by atoms with Crippen LogP contribution >= 0.6 is 0 Å². The highest BCUT2D eigenvalue weighted by Gasteiger charge is 2.16. The zero-order valence-electron chi connectivity index (χ0n) is 12.1. The summed E-state index contributed by atoms with van der Waals surface area (Å²) in [7, 11) is 2.18. The topological polar surface area (TPSA) is 28.2 Å². The number of hydrogen-bond donors (Lipinski definition) is 1. The molecule has 1 atom stereocenters. The van der Waals surface area contributed by atoms with E-state index in [2.05, 4.69) is 44.1 Å². The number of rotatable bonds is 4. The van der Waals surface area contributed by atoms with E-state index in [4.69, 9.17) is 4.98 Å². The van der Waals surface area contributed by atoms with E-state index in [0.29, 0.717) is 6.04 Å². The molecule has 1 unspecified atom stereocenters. The summed E-state index contributed by atoms with van der Waals surface area (Å²) in [4.78, 5) is 7.15. The third-order valence-electron chi connectivity index (χ3n) is 3.91. The van der Waals surface area contributed by atoms with Crippen LogP contribution in [0.1, 0.15) is 42.8 Å². The van der Waals surface area contributed by atoms with Gasteiger partial charge in [-0.25, -0.2) is 0 Å². The molecule has 0 saturated heterocycles. The normalized spacial score (nSPS) is 17.6. The number of likely N-dealkylation sites (N-methyl/N-ethyl adjacent to an activating group) is 1. The van der Waals surface area contributed by atoms with Gasteiger partial charge < -0.3 is 10.2 Å². The van der Waals surface area contributed by atoms with Crippen molar-refractivity contribution in [3.8, 4) is 0 Å². The quantitative estimate of drug-likeness (QED) is 0.884. The molecule has 2 heterocycles. The van der Waals surface area contributed by atoms with Crippen LogP contribution in [0, 0.1) is 6.92 Å². The van der Waals surface area contributed by atoms with Crippen molar-refractivity contribution in [2.45, 2.75) is 52.7 Å². The van der Waals surface area contributed by atoms with Gasteiger partial charge >= 0.3 is 0 Å². The second-order valence-corrected chi connectivity index (χ2v) is 5.52. The van der Waals surface area contributed by atoms with Crippen LogP contribution in [0.2, 0.25) is 0 Å². The van der Waals surface area contributed by atoms with Gasteiger partial charge in [0.05, 0.1) is 0 Å². The Hall–Kier alpha value is -0.930. The number of aromatic nitrogens is 1. The Kier molecular flexibility index (Phi) is 4.36. The Labute approximate surface area is 111 Å². The first-order valence-corrected chi connectivity index (χ1v) is 7.00. The molecule has 3 heteroatoms. The fourth-order valence-electron chi connectivity index (χ4n) is 2.37. The van der Waals surface area contributed by atoms with Gasteiger partial charge in [-0.3, -0.25) is 4.98 Å². The van der Waals surface area contributed by atoms with Crippen LogP contribution in [-0.2, 0) is 19.5 Å². The van der Waals surface area contributed by atoms with E-state index in [9.17, 15) is 0 Å². The predicted octanol–water partition coefficient (Wildman–Crippen LogP) is 2.27. The molecule has 1 aromatic rings. The molecule has 0 aliphatic carbocycles. The molecule has 1 aliphatic heterocycles. The predicted molar refractivity (Wildman–Crippen MR) is 75.6 cm³/mol. The molecule has 3 nitrogen and oxygen atoms in total. The molecule has 1 aromatic heterocycles. The number of hydrogen-bond acceptors (Lipinski definition) is 3. The van der Waals surface area contributed by atoms with Crippen molar-refractivity contribution in [1.29, 1.82) is 0 Å². The van der Waals surface area contributed by atoms with E-state index in [1.54, 1.807) is 0 Å². The number of fused-ring (bicyclic) bond motifs is 1. The molecule has 0 spiro atoms. The first-order chi connectivity index (χ1) is 8.60. The monoisotopic (exact) mass is 247 g/mol. The molecule has 0 fully saturated rings. The van der Waals surface area contributed by atoms with E-state index in [1.807, 2.05) is 0 Å². The van der Waals surface area contributed by atoms with Crippen molar-refractivity contribution < 1.29 is 0 Å². The molecular formula is C15H25N3. The van der Waals surface area contributed by atoms with Crippen LogP contribution in [0.4, 0.5) is 0 Å². The van der Waals surface area contributed by atoms with Gasteiger partial charge in [-0.05, 0) is 44.5 Å². The van der Waals surface area contributed by atoms with Crippen molar-refractivity contribution in [1.82, 2.24) is 15.2 Å². The summed E-state index contributed by atoms with van der Waals surface area (Å²) in [6.45, 7) is 9.68. The highest BCUT2D eigenvalue weighted by molar-refractivity contribution is 5.31. The van der Waals surface area contributed by atoms with Crippen molar-refractivity contribution in [2.75, 3.05) is 13.6 Å². The van der Waals surface area contributed by atoms with Crippen LogP contribution in [0.15, 0.2) is 6.07 Å². The molecule has 0 aromatic carbocycles. The number of nitrogens with one attached hydrogen (secondary N) is 1. The maximum atomic E-state index is 4.79. The molecule has 0 amide bonds. The highest BCUT2D eigenvalue weighted by atomic mass is 15.1. The molecule has 18 heavy (non-hydrogen) atoms. The largest absolute Gasteiger partial charge is 0.310 e. The van der Waals surface area contributed by atoms with E-state index in [0.717, 1.165) is 26.1 Å². The molecule has 0 radical (unpaired) electrons. The molecule has 0 saturated carbocycles. The summed E-state index contributed by atoms with van der Waals surface area (Å²) in [5.41, 5.74) is 5.26. The summed E-state index contributed by atoms with van der Waals surface area (Å²) in [5.74, 6) is 0. The lowest BCUT2D eigenvalue weighted by Crippen LogP contribution is -2.29. The summed E-state index contributed by atoms with van der Waals surface area (Å²) >= 11 is 0. The van der Waals surface area contributed by atoms with Gasteiger partial charge in [0, 0.05) is 43.5 Å². The maximum absolute atomic E-state index is 4.79. The second-order valence-electron chi connectivity index (χ2n) is 5.52. The van der Waals surface area contributed by atoms with Crippen LogP contribution in [0.5, 0.6) is 0 Å². The first kappa shape index (κ1) is 13.5. The number of aryl methyl sites for hydroxylation is 1. The van der Waals surface area contributed by atoms with Gasteiger partial charge in [0.2, 0.25) is 0 Å². The minimum absolute atomic E-state index is 0.572. The summed E-state index contributed by atoms with van der Waals surface area (Å²) < 4.78 is 0. The lowest BCUT2D eigenvalue weighted by atomic mass is 10.0. The molecule has 2 rings (SSSR count). The Morgan fingerprint density at radius 3 is 3.00 bits per heavy atom. The SMILES string of the molecule is CCC(C)NCc1cc2c(nc1C)CCN(C)C2. The van der Waals surface area contributed by atoms with Crippen LogP contribution in [-0.4, -0.2) is 29.5 Å². The van der Waals surface area contributed by atoms with Gasteiger partial charge in [-0.1, -0.05) is 6.92 Å². The molecule has 0 bridgehead atoms. The standard InChI is InChI=1S/C15H25N3/c1-5-11(2)16-9-13-8-14-10-18(4)7-6-15(14)17-12(13)3/h8,11,16H,5-7,9-10H2,1-4H3. The second kappa shape index (κ2) is 5.81. The van der Waals surface area contributed by atoms with Crippen molar-refractivity contribution in [3.05, 3.63) is 28.6 Å². The number of pyridine rings is 1. The number of nitrogens with zero attached hydrogens (tertiary/aromatic N) is 2. The van der Waals surface area contributed by atoms with Gasteiger partial charge in [0.15, 0.2) is 0 Å². The van der Waals surface area contributed by atoms with Crippen molar-refractivity contribution in [3.63, 3.8) is 0 Å². The first-order valence-electron chi connectivity index (χ1n) is 7.00. The average molecular weight is 247 g/mol. The van der Waals surface area contributed by atoms with Crippen LogP contribution < -0.4 is 5.32 Å². The van der Waals surface area contributed by atoms with Gasteiger partial charge in [0.25, 0.3) is 0 Å². The molecule has 1 N–H and O–H groups in total. The van der Waals surface area contributed by atoms with Crippen LogP contribution in [0.3, 0.4) is 0 Å². The summed E-state index contributed by atoms with van der Waals surface area (Å²) in [6, 6.07) is 2.92. The fourth-order valence-corrected chi connectivity index (χ4v) is 2.37. The highest BCUT2D eigenvalue weighted by Crippen LogP contribution is 2.19. The van der Waals surface area contributed by atoms with Gasteiger partial charge in [0.1, 0.15) is 0 Å². The van der Waals surface area contributed by atoms with E-state index in [-0.39, 0.29) is 0 Å². The zero-order valence-corrected chi connectivity index (χ0v) is 12.1. The average Bonchev–Trinajstić information content (AvgIpc) is 2.36. The van der Waals surface area contributed by atoms with Crippen molar-refractivity contribution >= 4 is 0 Å². The fraction of sp³-hybridized carbons (Fsp3) is 0.667. The summed E-state index contributed by atoms with van der Waals surface area (Å²) in [6.07, 6.45) is 2.26. The Morgan fingerprint density at radius 1 is 1.50 bits per heavy atom. The van der Waals surface area contributed by atoms with Gasteiger partial charge in [-0.2, -0.15) is 0 Å².